The topological polar surface area (TPSA) is 0 Å². The summed E-state index contributed by atoms with van der Waals surface area (Å²) in [5, 5.41) is 2.50. The molecule has 0 saturated heterocycles. The van der Waals surface area contributed by atoms with E-state index in [1.165, 1.54) is 32.7 Å². The first-order chi connectivity index (χ1) is 10.7. The van der Waals surface area contributed by atoms with E-state index >= 15 is 0 Å². The van der Waals surface area contributed by atoms with Crippen molar-refractivity contribution < 1.29 is 0 Å². The fourth-order valence-corrected chi connectivity index (χ4v) is 2.65. The minimum atomic E-state index is 1.17. The molecule has 0 aliphatic carbocycles. The summed E-state index contributed by atoms with van der Waals surface area (Å²) in [6.07, 6.45) is 20.5. The monoisotopic (exact) mass is 290 g/mol. The summed E-state index contributed by atoms with van der Waals surface area (Å²) in [4.78, 5) is 0. The second-order valence-electron chi connectivity index (χ2n) is 4.97. The molecule has 1 rings (SSSR count). The summed E-state index contributed by atoms with van der Waals surface area (Å²) in [6.45, 7) is 16.1. The van der Waals surface area contributed by atoms with Gasteiger partial charge in [0.2, 0.25) is 0 Å². The number of rotatable bonds is 5. The molecule has 22 heavy (non-hydrogen) atoms. The molecule has 0 radical (unpaired) electrons. The van der Waals surface area contributed by atoms with Gasteiger partial charge in [0.15, 0.2) is 0 Å². The summed E-state index contributed by atoms with van der Waals surface area (Å²) in [5.74, 6) is 0. The zero-order valence-electron chi connectivity index (χ0n) is 14.2. The van der Waals surface area contributed by atoms with Crippen molar-refractivity contribution in [2.24, 2.45) is 0 Å². The van der Waals surface area contributed by atoms with Crippen molar-refractivity contribution in [2.75, 3.05) is 0 Å². The first-order valence-electron chi connectivity index (χ1n) is 7.66. The quantitative estimate of drug-likeness (QED) is 0.667. The van der Waals surface area contributed by atoms with Gasteiger partial charge in [-0.2, -0.15) is 0 Å². The van der Waals surface area contributed by atoms with Crippen LogP contribution in [0.5, 0.6) is 0 Å². The zero-order chi connectivity index (χ0) is 16.5. The lowest BCUT2D eigenvalue weighted by Crippen LogP contribution is -2.32. The van der Waals surface area contributed by atoms with E-state index in [9.17, 15) is 0 Å². The second-order valence-corrected chi connectivity index (χ2v) is 4.97. The van der Waals surface area contributed by atoms with Crippen LogP contribution in [0.4, 0.5) is 0 Å². The predicted octanol–water partition coefficient (Wildman–Crippen LogP) is 5.03. The lowest BCUT2D eigenvalue weighted by atomic mass is 9.91. The summed E-state index contributed by atoms with van der Waals surface area (Å²) in [5.41, 5.74) is 4.83. The third-order valence-corrected chi connectivity index (χ3v) is 3.65. The van der Waals surface area contributed by atoms with Gasteiger partial charge in [0.05, 0.1) is 0 Å². The molecular formula is C22H26. The van der Waals surface area contributed by atoms with E-state index in [4.69, 9.17) is 0 Å². The molecule has 0 spiro atoms. The van der Waals surface area contributed by atoms with Gasteiger partial charge in [-0.05, 0) is 60.4 Å². The Balaban J connectivity index is 4.12. The van der Waals surface area contributed by atoms with Crippen molar-refractivity contribution >= 4 is 30.4 Å². The lowest BCUT2D eigenvalue weighted by Gasteiger charge is -2.13. The average Bonchev–Trinajstić information content (AvgIpc) is 2.53. The van der Waals surface area contributed by atoms with Gasteiger partial charge in [0, 0.05) is 0 Å². The van der Waals surface area contributed by atoms with Gasteiger partial charge in [-0.25, -0.2) is 0 Å². The normalized spacial score (nSPS) is 13.8. The lowest BCUT2D eigenvalue weighted by molar-refractivity contribution is 1.32. The molecule has 0 heterocycles. The summed E-state index contributed by atoms with van der Waals surface area (Å²) < 4.78 is 0. The largest absolute Gasteiger partial charge is 0.0991 e. The highest BCUT2D eigenvalue weighted by molar-refractivity contribution is 5.77. The van der Waals surface area contributed by atoms with Crippen LogP contribution < -0.4 is 10.4 Å². The van der Waals surface area contributed by atoms with E-state index in [-0.39, 0.29) is 0 Å². The molecule has 0 aromatic heterocycles. The van der Waals surface area contributed by atoms with Crippen LogP contribution >= 0.6 is 0 Å². The Hall–Kier alpha value is -2.34. The Morgan fingerprint density at radius 2 is 1.50 bits per heavy atom. The summed E-state index contributed by atoms with van der Waals surface area (Å²) in [6, 6.07) is 0. The Morgan fingerprint density at radius 1 is 0.773 bits per heavy atom. The molecule has 0 N–H and O–H groups in total. The molecule has 0 heteroatoms. The highest BCUT2D eigenvalue weighted by Crippen LogP contribution is 2.18. The van der Waals surface area contributed by atoms with Crippen LogP contribution in [0.2, 0.25) is 0 Å². The van der Waals surface area contributed by atoms with Crippen LogP contribution in [-0.2, 0) is 0 Å². The average molecular weight is 290 g/mol. The molecule has 0 unspecified atom stereocenters. The van der Waals surface area contributed by atoms with Crippen LogP contribution in [0.1, 0.15) is 43.0 Å². The maximum Gasteiger partial charge on any atom is -0.0106 e. The molecule has 0 fully saturated rings. The second kappa shape index (κ2) is 8.84. The molecule has 1 aromatic rings. The molecule has 0 nitrogen and oxygen atoms in total. The van der Waals surface area contributed by atoms with Crippen LogP contribution in [0.3, 0.4) is 0 Å². The minimum Gasteiger partial charge on any atom is -0.0991 e. The Kier molecular flexibility index (Phi) is 7.12. The predicted molar refractivity (Wildman–Crippen MR) is 104 cm³/mol. The van der Waals surface area contributed by atoms with Crippen molar-refractivity contribution in [3.63, 3.8) is 0 Å². The Labute approximate surface area is 134 Å². The van der Waals surface area contributed by atoms with Crippen molar-refractivity contribution in [2.45, 2.75) is 27.7 Å². The van der Waals surface area contributed by atoms with Gasteiger partial charge in [-0.15, -0.1) is 0 Å². The first kappa shape index (κ1) is 17.7. The van der Waals surface area contributed by atoms with E-state index < -0.39 is 0 Å². The highest BCUT2D eigenvalue weighted by Gasteiger charge is 2.09. The minimum absolute atomic E-state index is 1.17. The third kappa shape index (κ3) is 3.65. The molecule has 0 saturated carbocycles. The number of hydrogen-bond acceptors (Lipinski definition) is 0. The van der Waals surface area contributed by atoms with Crippen LogP contribution in [0.25, 0.3) is 30.4 Å². The van der Waals surface area contributed by atoms with Crippen LogP contribution in [0, 0.1) is 6.92 Å². The molecule has 0 aliphatic rings. The number of benzene rings is 1. The molecule has 1 aromatic carbocycles. The van der Waals surface area contributed by atoms with Gasteiger partial charge in [0.25, 0.3) is 0 Å². The third-order valence-electron chi connectivity index (χ3n) is 3.65. The van der Waals surface area contributed by atoms with Gasteiger partial charge in [0.1, 0.15) is 0 Å². The highest BCUT2D eigenvalue weighted by atomic mass is 14.1. The Morgan fingerprint density at radius 3 is 2.00 bits per heavy atom. The fraction of sp³-hybridized carbons (Fsp3) is 0.182. The molecular weight excluding hydrogens is 264 g/mol. The van der Waals surface area contributed by atoms with Crippen molar-refractivity contribution in [1.82, 2.24) is 0 Å². The maximum absolute atomic E-state index is 4.02. The van der Waals surface area contributed by atoms with Crippen molar-refractivity contribution in [3.05, 3.63) is 76.2 Å². The zero-order valence-corrected chi connectivity index (χ0v) is 14.2. The SMILES string of the molecule is C=C/C=C\c1c(C=C)c(/C=C\C)c(=C/C)/c(=C\C=C/C)c1C. The molecule has 0 bridgehead atoms. The molecule has 0 aliphatic heterocycles. The number of hydrogen-bond donors (Lipinski definition) is 0. The van der Waals surface area contributed by atoms with Gasteiger partial charge < -0.3 is 0 Å². The summed E-state index contributed by atoms with van der Waals surface area (Å²) >= 11 is 0. The van der Waals surface area contributed by atoms with E-state index in [1.54, 1.807) is 6.08 Å². The van der Waals surface area contributed by atoms with Gasteiger partial charge >= 0.3 is 0 Å². The van der Waals surface area contributed by atoms with E-state index in [2.05, 4.69) is 69.5 Å². The van der Waals surface area contributed by atoms with Crippen molar-refractivity contribution in [3.8, 4) is 0 Å². The van der Waals surface area contributed by atoms with Crippen molar-refractivity contribution in [1.29, 1.82) is 0 Å². The standard InChI is InChI=1S/C22H26/c1-7-12-15-20-17(6)21(16-13-8-2)19(11-5)22(14-9-3)18(20)10-4/h7-16H,1,4H2,2-3,5-6H3/b13-8-,14-9-,15-12-,19-11+,21-16-. The van der Waals surface area contributed by atoms with E-state index in [0.29, 0.717) is 0 Å². The smallest absolute Gasteiger partial charge is 0.0106 e. The summed E-state index contributed by atoms with van der Waals surface area (Å²) in [7, 11) is 0. The van der Waals surface area contributed by atoms with Gasteiger partial charge in [-0.3, -0.25) is 0 Å². The maximum atomic E-state index is 4.02. The molecule has 114 valence electrons. The van der Waals surface area contributed by atoms with E-state index in [1.807, 2.05) is 26.0 Å². The number of allylic oxidation sites excluding steroid dienone is 5. The molecule has 0 atom stereocenters. The fourth-order valence-electron chi connectivity index (χ4n) is 2.65. The van der Waals surface area contributed by atoms with Crippen LogP contribution in [0.15, 0.2) is 43.5 Å². The van der Waals surface area contributed by atoms with Gasteiger partial charge in [-0.1, -0.05) is 73.9 Å². The first-order valence-corrected chi connectivity index (χ1v) is 7.66. The van der Waals surface area contributed by atoms with Crippen LogP contribution in [-0.4, -0.2) is 0 Å². The Bertz CT molecular complexity index is 750. The van der Waals surface area contributed by atoms with E-state index in [0.717, 1.165) is 0 Å². The molecule has 0 amide bonds.